The maximum atomic E-state index is 11.7. The summed E-state index contributed by atoms with van der Waals surface area (Å²) in [5.74, 6) is -0.00283. The van der Waals surface area contributed by atoms with Gasteiger partial charge in [0.15, 0.2) is 0 Å². The van der Waals surface area contributed by atoms with Gasteiger partial charge in [0.05, 0.1) is 19.8 Å². The standard InChI is InChI=1S/C15H22ClNO3/c1-12(10-13-4-3-5-14(16)11-13)17-15(18)6-7-20-9-8-19-2/h3-5,11-12H,6-10H2,1-2H3,(H,17,18)/t12-/m1/s1. The number of halogens is 1. The van der Waals surface area contributed by atoms with Gasteiger partial charge in [0, 0.05) is 24.6 Å². The fourth-order valence-corrected chi connectivity index (χ4v) is 2.04. The van der Waals surface area contributed by atoms with Gasteiger partial charge in [-0.05, 0) is 31.0 Å². The van der Waals surface area contributed by atoms with Gasteiger partial charge in [-0.3, -0.25) is 4.79 Å². The highest BCUT2D eigenvalue weighted by Crippen LogP contribution is 2.12. The maximum absolute atomic E-state index is 11.7. The van der Waals surface area contributed by atoms with Crippen LogP contribution in [0.4, 0.5) is 0 Å². The molecule has 1 aromatic carbocycles. The molecule has 4 nitrogen and oxygen atoms in total. The van der Waals surface area contributed by atoms with Crippen molar-refractivity contribution in [3.63, 3.8) is 0 Å². The topological polar surface area (TPSA) is 47.6 Å². The largest absolute Gasteiger partial charge is 0.382 e. The van der Waals surface area contributed by atoms with Gasteiger partial charge in [0.1, 0.15) is 0 Å². The fraction of sp³-hybridized carbons (Fsp3) is 0.533. The van der Waals surface area contributed by atoms with E-state index in [9.17, 15) is 4.79 Å². The summed E-state index contributed by atoms with van der Waals surface area (Å²) in [6, 6.07) is 7.74. The number of carbonyl (C=O) groups excluding carboxylic acids is 1. The highest BCUT2D eigenvalue weighted by Gasteiger charge is 2.08. The number of hydrogen-bond donors (Lipinski definition) is 1. The van der Waals surface area contributed by atoms with Crippen LogP contribution in [0.15, 0.2) is 24.3 Å². The molecule has 5 heteroatoms. The highest BCUT2D eigenvalue weighted by molar-refractivity contribution is 6.30. The third-order valence-corrected chi connectivity index (χ3v) is 2.98. The Labute approximate surface area is 125 Å². The molecule has 20 heavy (non-hydrogen) atoms. The van der Waals surface area contributed by atoms with Gasteiger partial charge >= 0.3 is 0 Å². The van der Waals surface area contributed by atoms with E-state index in [-0.39, 0.29) is 11.9 Å². The average Bonchev–Trinajstić information content (AvgIpc) is 2.38. The number of rotatable bonds is 9. The second kappa shape index (κ2) is 9.75. The van der Waals surface area contributed by atoms with E-state index in [1.54, 1.807) is 7.11 Å². The number of nitrogens with one attached hydrogen (secondary N) is 1. The van der Waals surface area contributed by atoms with E-state index in [4.69, 9.17) is 21.1 Å². The quantitative estimate of drug-likeness (QED) is 0.713. The molecule has 0 aliphatic rings. The zero-order valence-corrected chi connectivity index (χ0v) is 12.8. The third kappa shape index (κ3) is 7.48. The molecule has 0 unspecified atom stereocenters. The first-order valence-corrected chi connectivity index (χ1v) is 7.10. The molecule has 112 valence electrons. The van der Waals surface area contributed by atoms with Crippen LogP contribution in [0.5, 0.6) is 0 Å². The van der Waals surface area contributed by atoms with E-state index in [0.29, 0.717) is 31.3 Å². The van der Waals surface area contributed by atoms with Crippen molar-refractivity contribution < 1.29 is 14.3 Å². The van der Waals surface area contributed by atoms with Crippen LogP contribution in [-0.4, -0.2) is 38.9 Å². The molecule has 0 fully saturated rings. The first-order valence-electron chi connectivity index (χ1n) is 6.72. The Bertz CT molecular complexity index is 412. The monoisotopic (exact) mass is 299 g/mol. The van der Waals surface area contributed by atoms with E-state index >= 15 is 0 Å². The lowest BCUT2D eigenvalue weighted by atomic mass is 10.1. The molecule has 0 saturated carbocycles. The minimum Gasteiger partial charge on any atom is -0.382 e. The second-order valence-corrected chi connectivity index (χ2v) is 5.09. The Morgan fingerprint density at radius 2 is 2.15 bits per heavy atom. The molecule has 0 saturated heterocycles. The molecule has 1 N–H and O–H groups in total. The van der Waals surface area contributed by atoms with E-state index in [1.165, 1.54) is 0 Å². The Kier molecular flexibility index (Phi) is 8.26. The summed E-state index contributed by atoms with van der Waals surface area (Å²) >= 11 is 5.93. The molecule has 1 atom stereocenters. The lowest BCUT2D eigenvalue weighted by Gasteiger charge is -2.14. The van der Waals surface area contributed by atoms with Gasteiger partial charge in [-0.2, -0.15) is 0 Å². The zero-order chi connectivity index (χ0) is 14.8. The van der Waals surface area contributed by atoms with Crippen LogP contribution in [0.3, 0.4) is 0 Å². The predicted molar refractivity (Wildman–Crippen MR) is 80.1 cm³/mol. The van der Waals surface area contributed by atoms with Crippen LogP contribution in [0.2, 0.25) is 5.02 Å². The van der Waals surface area contributed by atoms with Crippen molar-refractivity contribution in [2.75, 3.05) is 26.9 Å². The van der Waals surface area contributed by atoms with Gasteiger partial charge in [-0.1, -0.05) is 23.7 Å². The first-order chi connectivity index (χ1) is 9.61. The van der Waals surface area contributed by atoms with Gasteiger partial charge in [-0.25, -0.2) is 0 Å². The van der Waals surface area contributed by atoms with Crippen LogP contribution in [0, 0.1) is 0 Å². The van der Waals surface area contributed by atoms with Crippen molar-refractivity contribution in [2.45, 2.75) is 25.8 Å². The Morgan fingerprint density at radius 3 is 2.85 bits per heavy atom. The lowest BCUT2D eigenvalue weighted by Crippen LogP contribution is -2.34. The summed E-state index contributed by atoms with van der Waals surface area (Å²) in [5, 5.41) is 3.66. The summed E-state index contributed by atoms with van der Waals surface area (Å²) in [5.41, 5.74) is 1.11. The molecule has 0 aliphatic heterocycles. The minimum absolute atomic E-state index is 0.00283. The fourth-order valence-electron chi connectivity index (χ4n) is 1.82. The van der Waals surface area contributed by atoms with Crippen LogP contribution >= 0.6 is 11.6 Å². The number of methoxy groups -OCH3 is 1. The zero-order valence-electron chi connectivity index (χ0n) is 12.0. The predicted octanol–water partition coefficient (Wildman–Crippen LogP) is 2.44. The van der Waals surface area contributed by atoms with Crippen LogP contribution < -0.4 is 5.32 Å². The molecule has 0 bridgehead atoms. The molecule has 1 rings (SSSR count). The average molecular weight is 300 g/mol. The lowest BCUT2D eigenvalue weighted by molar-refractivity contribution is -0.122. The first kappa shape index (κ1) is 17.0. The maximum Gasteiger partial charge on any atom is 0.222 e. The van der Waals surface area contributed by atoms with Crippen molar-refractivity contribution >= 4 is 17.5 Å². The number of amides is 1. The number of hydrogen-bond acceptors (Lipinski definition) is 3. The summed E-state index contributed by atoms with van der Waals surface area (Å²) in [4.78, 5) is 11.7. The van der Waals surface area contributed by atoms with Gasteiger partial charge in [0.2, 0.25) is 5.91 Å². The normalized spacial score (nSPS) is 12.2. The van der Waals surface area contributed by atoms with Crippen LogP contribution in [-0.2, 0) is 20.7 Å². The smallest absolute Gasteiger partial charge is 0.222 e. The Morgan fingerprint density at radius 1 is 1.35 bits per heavy atom. The Hall–Kier alpha value is -1.10. The molecule has 1 aromatic rings. The van der Waals surface area contributed by atoms with Crippen molar-refractivity contribution in [1.82, 2.24) is 5.32 Å². The van der Waals surface area contributed by atoms with E-state index < -0.39 is 0 Å². The molecule has 0 aliphatic carbocycles. The SMILES string of the molecule is COCCOCCC(=O)N[C@H](C)Cc1cccc(Cl)c1. The summed E-state index contributed by atoms with van der Waals surface area (Å²) in [6.45, 7) is 3.46. The Balaban J connectivity index is 2.21. The van der Waals surface area contributed by atoms with E-state index in [0.717, 1.165) is 12.0 Å². The molecular weight excluding hydrogens is 278 g/mol. The van der Waals surface area contributed by atoms with Gasteiger partial charge in [-0.15, -0.1) is 0 Å². The van der Waals surface area contributed by atoms with E-state index in [1.807, 2.05) is 31.2 Å². The third-order valence-electron chi connectivity index (χ3n) is 2.74. The molecule has 0 heterocycles. The molecule has 1 amide bonds. The molecular formula is C15H22ClNO3. The molecule has 0 spiro atoms. The summed E-state index contributed by atoms with van der Waals surface area (Å²) < 4.78 is 10.1. The van der Waals surface area contributed by atoms with Crippen molar-refractivity contribution in [3.8, 4) is 0 Å². The van der Waals surface area contributed by atoms with E-state index in [2.05, 4.69) is 5.32 Å². The van der Waals surface area contributed by atoms with Crippen molar-refractivity contribution in [2.24, 2.45) is 0 Å². The molecule has 0 aromatic heterocycles. The number of ether oxygens (including phenoxy) is 2. The summed E-state index contributed by atoms with van der Waals surface area (Å²) in [6.07, 6.45) is 1.13. The molecule has 0 radical (unpaired) electrons. The summed E-state index contributed by atoms with van der Waals surface area (Å²) in [7, 11) is 1.62. The van der Waals surface area contributed by atoms with Crippen LogP contribution in [0.1, 0.15) is 18.9 Å². The van der Waals surface area contributed by atoms with Gasteiger partial charge < -0.3 is 14.8 Å². The number of carbonyl (C=O) groups is 1. The van der Waals surface area contributed by atoms with Crippen molar-refractivity contribution in [1.29, 1.82) is 0 Å². The highest BCUT2D eigenvalue weighted by atomic mass is 35.5. The second-order valence-electron chi connectivity index (χ2n) is 4.66. The van der Waals surface area contributed by atoms with Gasteiger partial charge in [0.25, 0.3) is 0 Å². The van der Waals surface area contributed by atoms with Crippen LogP contribution in [0.25, 0.3) is 0 Å². The minimum atomic E-state index is -0.00283. The number of benzene rings is 1. The van der Waals surface area contributed by atoms with Crippen molar-refractivity contribution in [3.05, 3.63) is 34.9 Å².